The Hall–Kier alpha value is -2.18. The molecule has 0 radical (unpaired) electrons. The van der Waals surface area contributed by atoms with E-state index in [2.05, 4.69) is 4.72 Å². The van der Waals surface area contributed by atoms with E-state index in [0.29, 0.717) is 12.1 Å². The van der Waals surface area contributed by atoms with E-state index in [-0.39, 0.29) is 17.6 Å². The molecule has 5 nitrogen and oxygen atoms in total. The van der Waals surface area contributed by atoms with Crippen LogP contribution in [-0.2, 0) is 27.0 Å². The van der Waals surface area contributed by atoms with Crippen LogP contribution in [0.15, 0.2) is 48.5 Å². The lowest BCUT2D eigenvalue weighted by atomic mass is 10.0. The SMILES string of the molecule is Cc1cccc(CS(=O)(=O)N[C@H](C(=O)N2CCc3ccccc32)C(C)C)c1. The van der Waals surface area contributed by atoms with Crippen LogP contribution in [0, 0.1) is 12.8 Å². The fourth-order valence-corrected chi connectivity index (χ4v) is 4.92. The number of hydrogen-bond acceptors (Lipinski definition) is 3. The van der Waals surface area contributed by atoms with Crippen molar-refractivity contribution < 1.29 is 13.2 Å². The number of aryl methyl sites for hydroxylation is 1. The summed E-state index contributed by atoms with van der Waals surface area (Å²) < 4.78 is 28.1. The topological polar surface area (TPSA) is 66.5 Å². The Kier molecular flexibility index (Phi) is 5.67. The number of para-hydroxylation sites is 1. The van der Waals surface area contributed by atoms with E-state index >= 15 is 0 Å². The molecular weight excluding hydrogens is 360 g/mol. The number of hydrogen-bond donors (Lipinski definition) is 1. The van der Waals surface area contributed by atoms with Crippen molar-refractivity contribution in [1.82, 2.24) is 4.72 Å². The highest BCUT2D eigenvalue weighted by atomic mass is 32.2. The van der Waals surface area contributed by atoms with E-state index < -0.39 is 16.1 Å². The van der Waals surface area contributed by atoms with Crippen LogP contribution in [0.25, 0.3) is 0 Å². The van der Waals surface area contributed by atoms with Crippen LogP contribution in [0.5, 0.6) is 0 Å². The molecule has 144 valence electrons. The van der Waals surface area contributed by atoms with Crippen LogP contribution in [0.2, 0.25) is 0 Å². The first kappa shape index (κ1) is 19.6. The van der Waals surface area contributed by atoms with Gasteiger partial charge in [0.05, 0.1) is 5.75 Å². The first-order valence-corrected chi connectivity index (χ1v) is 10.9. The van der Waals surface area contributed by atoms with Gasteiger partial charge in [-0.1, -0.05) is 61.9 Å². The zero-order chi connectivity index (χ0) is 19.6. The van der Waals surface area contributed by atoms with E-state index in [0.717, 1.165) is 23.2 Å². The molecule has 3 rings (SSSR count). The molecule has 0 saturated heterocycles. The third-order valence-corrected chi connectivity index (χ3v) is 6.16. The van der Waals surface area contributed by atoms with Gasteiger partial charge in [-0.25, -0.2) is 13.1 Å². The molecule has 1 aliphatic heterocycles. The molecule has 2 aromatic rings. The van der Waals surface area contributed by atoms with Gasteiger partial charge in [0.25, 0.3) is 0 Å². The van der Waals surface area contributed by atoms with Gasteiger partial charge in [-0.3, -0.25) is 4.79 Å². The number of amides is 1. The summed E-state index contributed by atoms with van der Waals surface area (Å²) in [5.74, 6) is -0.484. The van der Waals surface area contributed by atoms with Crippen LogP contribution in [0.1, 0.15) is 30.5 Å². The summed E-state index contributed by atoms with van der Waals surface area (Å²) in [5, 5.41) is 0. The highest BCUT2D eigenvalue weighted by Gasteiger charge is 2.34. The first-order valence-electron chi connectivity index (χ1n) is 9.21. The van der Waals surface area contributed by atoms with Crippen molar-refractivity contribution in [3.8, 4) is 0 Å². The Morgan fingerprint density at radius 3 is 2.59 bits per heavy atom. The number of anilines is 1. The molecular formula is C21H26N2O3S. The number of carbonyl (C=O) groups excluding carboxylic acids is 1. The molecule has 0 aromatic heterocycles. The average molecular weight is 387 g/mol. The van der Waals surface area contributed by atoms with Crippen molar-refractivity contribution in [2.45, 2.75) is 39.0 Å². The van der Waals surface area contributed by atoms with Gasteiger partial charge in [0, 0.05) is 12.2 Å². The molecule has 0 saturated carbocycles. The number of rotatable bonds is 6. The van der Waals surface area contributed by atoms with E-state index in [1.807, 2.05) is 63.2 Å². The van der Waals surface area contributed by atoms with Crippen molar-refractivity contribution in [3.05, 3.63) is 65.2 Å². The van der Waals surface area contributed by atoms with Gasteiger partial charge in [0.2, 0.25) is 15.9 Å². The summed E-state index contributed by atoms with van der Waals surface area (Å²) in [4.78, 5) is 14.8. The van der Waals surface area contributed by atoms with Gasteiger partial charge in [0.15, 0.2) is 0 Å². The Labute approximate surface area is 161 Å². The Morgan fingerprint density at radius 2 is 1.89 bits per heavy atom. The molecule has 2 aromatic carbocycles. The lowest BCUT2D eigenvalue weighted by Gasteiger charge is -2.27. The maximum Gasteiger partial charge on any atom is 0.245 e. The molecule has 0 bridgehead atoms. The maximum absolute atomic E-state index is 13.1. The highest BCUT2D eigenvalue weighted by Crippen LogP contribution is 2.28. The zero-order valence-electron chi connectivity index (χ0n) is 16.0. The molecule has 1 heterocycles. The fraction of sp³-hybridized carbons (Fsp3) is 0.381. The minimum Gasteiger partial charge on any atom is -0.310 e. The summed E-state index contributed by atoms with van der Waals surface area (Å²) in [6, 6.07) is 14.4. The summed E-state index contributed by atoms with van der Waals surface area (Å²) >= 11 is 0. The number of sulfonamides is 1. The first-order chi connectivity index (χ1) is 12.8. The van der Waals surface area contributed by atoms with Crippen molar-refractivity contribution in [3.63, 3.8) is 0 Å². The second kappa shape index (κ2) is 7.82. The smallest absolute Gasteiger partial charge is 0.245 e. The van der Waals surface area contributed by atoms with Gasteiger partial charge < -0.3 is 4.90 Å². The number of nitrogens with one attached hydrogen (secondary N) is 1. The predicted octanol–water partition coefficient (Wildman–Crippen LogP) is 3.03. The van der Waals surface area contributed by atoms with Crippen LogP contribution in [-0.4, -0.2) is 26.9 Å². The highest BCUT2D eigenvalue weighted by molar-refractivity contribution is 7.88. The average Bonchev–Trinajstić information content (AvgIpc) is 3.02. The zero-order valence-corrected chi connectivity index (χ0v) is 16.8. The lowest BCUT2D eigenvalue weighted by Crippen LogP contribution is -2.51. The number of benzene rings is 2. The molecule has 1 aliphatic rings. The minimum absolute atomic E-state index is 0.137. The third-order valence-electron chi connectivity index (χ3n) is 4.83. The molecule has 1 atom stereocenters. The van der Waals surface area contributed by atoms with Crippen molar-refractivity contribution in [2.24, 2.45) is 5.92 Å². The van der Waals surface area contributed by atoms with E-state index in [1.54, 1.807) is 11.0 Å². The molecule has 1 N–H and O–H groups in total. The van der Waals surface area contributed by atoms with E-state index in [4.69, 9.17) is 0 Å². The summed E-state index contributed by atoms with van der Waals surface area (Å²) in [6.07, 6.45) is 0.794. The molecule has 0 fully saturated rings. The molecule has 0 spiro atoms. The van der Waals surface area contributed by atoms with Crippen molar-refractivity contribution in [1.29, 1.82) is 0 Å². The lowest BCUT2D eigenvalue weighted by molar-refractivity contribution is -0.121. The quantitative estimate of drug-likeness (QED) is 0.830. The van der Waals surface area contributed by atoms with Gasteiger partial charge in [-0.2, -0.15) is 0 Å². The van der Waals surface area contributed by atoms with Gasteiger partial charge in [0.1, 0.15) is 6.04 Å². The van der Waals surface area contributed by atoms with Crippen LogP contribution in [0.3, 0.4) is 0 Å². The monoisotopic (exact) mass is 386 g/mol. The summed E-state index contributed by atoms with van der Waals surface area (Å²) in [5.41, 5.74) is 3.72. The second-order valence-corrected chi connectivity index (χ2v) is 9.21. The van der Waals surface area contributed by atoms with E-state index in [9.17, 15) is 13.2 Å². The van der Waals surface area contributed by atoms with Crippen molar-refractivity contribution in [2.75, 3.05) is 11.4 Å². The number of fused-ring (bicyclic) bond motifs is 1. The second-order valence-electron chi connectivity index (χ2n) is 7.46. The van der Waals surface area contributed by atoms with Crippen LogP contribution < -0.4 is 9.62 Å². The Balaban J connectivity index is 1.79. The number of carbonyl (C=O) groups is 1. The fourth-order valence-electron chi connectivity index (χ4n) is 3.46. The standard InChI is InChI=1S/C21H26N2O3S/c1-15(2)20(21(24)23-12-11-18-9-4-5-10-19(18)23)22-27(25,26)14-17-8-6-7-16(3)13-17/h4-10,13,15,20,22H,11-12,14H2,1-3H3/t20-/m0/s1. The van der Waals surface area contributed by atoms with E-state index in [1.165, 1.54) is 0 Å². The molecule has 0 unspecified atom stereocenters. The summed E-state index contributed by atoms with van der Waals surface area (Å²) in [7, 11) is -3.65. The molecule has 6 heteroatoms. The summed E-state index contributed by atoms with van der Waals surface area (Å²) in [6.45, 7) is 6.23. The van der Waals surface area contributed by atoms with Gasteiger partial charge in [-0.15, -0.1) is 0 Å². The maximum atomic E-state index is 13.1. The van der Waals surface area contributed by atoms with Crippen molar-refractivity contribution >= 4 is 21.6 Å². The molecule has 0 aliphatic carbocycles. The minimum atomic E-state index is -3.65. The number of nitrogens with zero attached hydrogens (tertiary/aromatic N) is 1. The Bertz CT molecular complexity index is 938. The van der Waals surface area contributed by atoms with Crippen LogP contribution >= 0.6 is 0 Å². The van der Waals surface area contributed by atoms with Gasteiger partial charge in [-0.05, 0) is 36.5 Å². The predicted molar refractivity (Wildman–Crippen MR) is 108 cm³/mol. The van der Waals surface area contributed by atoms with Crippen LogP contribution in [0.4, 0.5) is 5.69 Å². The van der Waals surface area contributed by atoms with Gasteiger partial charge >= 0.3 is 0 Å². The Morgan fingerprint density at radius 1 is 1.15 bits per heavy atom. The largest absolute Gasteiger partial charge is 0.310 e. The molecule has 27 heavy (non-hydrogen) atoms. The normalized spacial score (nSPS) is 15.0. The molecule has 1 amide bonds. The third kappa shape index (κ3) is 4.57.